The molecule has 0 saturated carbocycles. The lowest BCUT2D eigenvalue weighted by Gasteiger charge is -2.25. The van der Waals surface area contributed by atoms with Crippen molar-refractivity contribution < 1.29 is 26.4 Å². The Bertz CT molecular complexity index is 199. The van der Waals surface area contributed by atoms with Crippen LogP contribution >= 0.6 is 0 Å². The van der Waals surface area contributed by atoms with Crippen LogP contribution in [0.5, 0.6) is 0 Å². The van der Waals surface area contributed by atoms with Crippen molar-refractivity contribution in [2.75, 3.05) is 47.4 Å². The molecule has 0 aromatic rings. The molecule has 0 fully saturated rings. The van der Waals surface area contributed by atoms with Crippen LogP contribution in [0.25, 0.3) is 0 Å². The quantitative estimate of drug-likeness (QED) is 0.551. The van der Waals surface area contributed by atoms with E-state index in [4.69, 9.17) is 4.74 Å². The van der Waals surface area contributed by atoms with Crippen molar-refractivity contribution in [3.05, 3.63) is 0 Å². The number of amides is 1. The van der Waals surface area contributed by atoms with E-state index in [1.54, 1.807) is 4.90 Å². The van der Waals surface area contributed by atoms with Crippen molar-refractivity contribution in [3.63, 3.8) is 0 Å². The van der Waals surface area contributed by atoms with Crippen LogP contribution in [-0.2, 0) is 4.74 Å². The van der Waals surface area contributed by atoms with Gasteiger partial charge >= 0.3 is 6.09 Å². The lowest BCUT2D eigenvalue weighted by Crippen LogP contribution is -3.00. The highest BCUT2D eigenvalue weighted by Gasteiger charge is 2.14. The molecule has 0 saturated heterocycles. The molecule has 0 aliphatic carbocycles. The fraction of sp³-hybridized carbons (Fsp3) is 0.917. The first kappa shape index (κ1) is 18.9. The first-order valence-electron chi connectivity index (χ1n) is 6.13. The minimum absolute atomic E-state index is 0. The number of carbonyl (C=O) groups is 1. The molecule has 1 amide bonds. The van der Waals surface area contributed by atoms with E-state index in [2.05, 4.69) is 35.0 Å². The fourth-order valence-corrected chi connectivity index (χ4v) is 1.33. The van der Waals surface area contributed by atoms with Gasteiger partial charge in [0, 0.05) is 13.1 Å². The summed E-state index contributed by atoms with van der Waals surface area (Å²) in [4.78, 5) is 13.5. The van der Waals surface area contributed by atoms with Crippen LogP contribution < -0.4 is 12.4 Å². The minimum atomic E-state index is -0.169. The Morgan fingerprint density at radius 3 is 1.94 bits per heavy atom. The van der Waals surface area contributed by atoms with E-state index in [0.29, 0.717) is 6.61 Å². The van der Waals surface area contributed by atoms with E-state index in [9.17, 15) is 4.79 Å². The van der Waals surface area contributed by atoms with Crippen molar-refractivity contribution in [1.82, 2.24) is 4.90 Å². The van der Waals surface area contributed by atoms with E-state index in [1.807, 2.05) is 0 Å². The van der Waals surface area contributed by atoms with Gasteiger partial charge in [-0.15, -0.1) is 0 Å². The Kier molecular flexibility index (Phi) is 10.6. The van der Waals surface area contributed by atoms with Crippen LogP contribution in [0.3, 0.4) is 0 Å². The molecule has 0 aromatic heterocycles. The van der Waals surface area contributed by atoms with Crippen molar-refractivity contribution in [1.29, 1.82) is 0 Å². The Morgan fingerprint density at radius 1 is 1.12 bits per heavy atom. The molecule has 17 heavy (non-hydrogen) atoms. The molecule has 0 spiro atoms. The maximum absolute atomic E-state index is 11.7. The zero-order valence-electron chi connectivity index (χ0n) is 11.8. The average molecular weight is 267 g/mol. The molecule has 0 heterocycles. The molecule has 4 nitrogen and oxygen atoms in total. The maximum atomic E-state index is 11.7. The van der Waals surface area contributed by atoms with E-state index >= 15 is 0 Å². The summed E-state index contributed by atoms with van der Waals surface area (Å²) in [6.07, 6.45) is 1.78. The number of rotatable bonds is 7. The Hall–Kier alpha value is -0.480. The molecule has 5 heteroatoms. The largest absolute Gasteiger partial charge is 1.00 e. The van der Waals surface area contributed by atoms with Crippen molar-refractivity contribution in [2.45, 2.75) is 26.7 Å². The molecule has 0 N–H and O–H groups in total. The predicted molar refractivity (Wildman–Crippen MR) is 66.4 cm³/mol. The van der Waals surface area contributed by atoms with Gasteiger partial charge in [0.05, 0.1) is 21.1 Å². The van der Waals surface area contributed by atoms with E-state index < -0.39 is 0 Å². The number of halogens is 1. The van der Waals surface area contributed by atoms with Crippen LogP contribution in [0.15, 0.2) is 0 Å². The molecule has 0 unspecified atom stereocenters. The number of quaternary nitrogens is 1. The van der Waals surface area contributed by atoms with Crippen molar-refractivity contribution in [2.24, 2.45) is 0 Å². The van der Waals surface area contributed by atoms with Gasteiger partial charge in [-0.05, 0) is 12.8 Å². The summed E-state index contributed by atoms with van der Waals surface area (Å²) in [5, 5.41) is 0. The summed E-state index contributed by atoms with van der Waals surface area (Å²) in [5.74, 6) is 0. The molecule has 0 aromatic carbocycles. The Balaban J connectivity index is 0. The second-order valence-corrected chi connectivity index (χ2v) is 5.12. The third-order valence-electron chi connectivity index (χ3n) is 2.23. The monoisotopic (exact) mass is 266 g/mol. The highest BCUT2D eigenvalue weighted by atomic mass is 35.5. The number of carbonyl (C=O) groups excluding carboxylic acids is 1. The molecule has 0 atom stereocenters. The normalized spacial score (nSPS) is 10.6. The van der Waals surface area contributed by atoms with Gasteiger partial charge in [-0.3, -0.25) is 0 Å². The van der Waals surface area contributed by atoms with Gasteiger partial charge in [-0.2, -0.15) is 0 Å². The maximum Gasteiger partial charge on any atom is 0.409 e. The smallest absolute Gasteiger partial charge is 0.409 e. The number of nitrogens with zero attached hydrogens (tertiary/aromatic N) is 2. The van der Waals surface area contributed by atoms with Crippen LogP contribution in [0.4, 0.5) is 4.79 Å². The van der Waals surface area contributed by atoms with E-state index in [0.717, 1.165) is 37.0 Å². The van der Waals surface area contributed by atoms with Crippen molar-refractivity contribution in [3.8, 4) is 0 Å². The predicted octanol–water partition coefficient (Wildman–Crippen LogP) is -1.04. The topological polar surface area (TPSA) is 29.5 Å². The van der Waals surface area contributed by atoms with Crippen LogP contribution in [0.1, 0.15) is 26.7 Å². The first-order chi connectivity index (χ1) is 7.40. The summed E-state index contributed by atoms with van der Waals surface area (Å²) in [6.45, 7) is 7.06. The Morgan fingerprint density at radius 2 is 1.59 bits per heavy atom. The number of ether oxygens (including phenoxy) is 1. The molecule has 104 valence electrons. The van der Waals surface area contributed by atoms with Crippen LogP contribution in [-0.4, -0.2) is 62.9 Å². The second kappa shape index (κ2) is 9.54. The summed E-state index contributed by atoms with van der Waals surface area (Å²) < 4.78 is 6.07. The molecule has 0 aliphatic heterocycles. The highest BCUT2D eigenvalue weighted by Crippen LogP contribution is 1.99. The second-order valence-electron chi connectivity index (χ2n) is 5.12. The summed E-state index contributed by atoms with van der Waals surface area (Å²) in [7, 11) is 6.26. The molecule has 0 aliphatic rings. The lowest BCUT2D eigenvalue weighted by molar-refractivity contribution is -0.870. The van der Waals surface area contributed by atoms with Crippen LogP contribution in [0.2, 0.25) is 0 Å². The van der Waals surface area contributed by atoms with Gasteiger partial charge in [-0.25, -0.2) is 4.79 Å². The Labute approximate surface area is 112 Å². The average Bonchev–Trinajstić information content (AvgIpc) is 2.15. The summed E-state index contributed by atoms with van der Waals surface area (Å²) in [5.41, 5.74) is 0. The molecular formula is C12H27ClN2O2. The van der Waals surface area contributed by atoms with Gasteiger partial charge < -0.3 is 26.5 Å². The summed E-state index contributed by atoms with van der Waals surface area (Å²) in [6, 6.07) is 0. The number of hydrogen-bond donors (Lipinski definition) is 0. The fourth-order valence-electron chi connectivity index (χ4n) is 1.33. The standard InChI is InChI=1S/C12H27N2O2.ClH/c1-6-8-13(9-7-2)12(15)16-11-10-14(3,4)5;/h6-11H2,1-5H3;1H/q+1;/p-1. The third kappa shape index (κ3) is 10.4. The number of hydrogen-bond acceptors (Lipinski definition) is 2. The zero-order valence-corrected chi connectivity index (χ0v) is 12.6. The molecule has 0 radical (unpaired) electrons. The van der Waals surface area contributed by atoms with Gasteiger partial charge in [0.25, 0.3) is 0 Å². The van der Waals surface area contributed by atoms with Gasteiger partial charge in [0.2, 0.25) is 0 Å². The lowest BCUT2D eigenvalue weighted by atomic mass is 10.4. The van der Waals surface area contributed by atoms with E-state index in [1.165, 1.54) is 0 Å². The number of likely N-dealkylation sites (N-methyl/N-ethyl adjacent to an activating group) is 1. The van der Waals surface area contributed by atoms with Crippen molar-refractivity contribution >= 4 is 6.09 Å². The molecule has 0 bridgehead atoms. The zero-order chi connectivity index (χ0) is 12.6. The summed E-state index contributed by atoms with van der Waals surface area (Å²) >= 11 is 0. The SMILES string of the molecule is CCCN(CCC)C(=O)OCC[N+](C)(C)C.[Cl-]. The highest BCUT2D eigenvalue weighted by molar-refractivity contribution is 5.67. The molecular weight excluding hydrogens is 240 g/mol. The first-order valence-corrected chi connectivity index (χ1v) is 6.13. The van der Waals surface area contributed by atoms with Gasteiger partial charge in [0.1, 0.15) is 13.2 Å². The van der Waals surface area contributed by atoms with Gasteiger partial charge in [0.15, 0.2) is 0 Å². The van der Waals surface area contributed by atoms with Crippen LogP contribution in [0, 0.1) is 0 Å². The third-order valence-corrected chi connectivity index (χ3v) is 2.23. The van der Waals surface area contributed by atoms with E-state index in [-0.39, 0.29) is 18.5 Å². The van der Waals surface area contributed by atoms with Gasteiger partial charge in [-0.1, -0.05) is 13.8 Å². The minimum Gasteiger partial charge on any atom is -1.00 e. The molecule has 0 rings (SSSR count).